The van der Waals surface area contributed by atoms with Crippen LogP contribution < -0.4 is 0 Å². The van der Waals surface area contributed by atoms with Gasteiger partial charge in [-0.15, -0.1) is 15.2 Å². The summed E-state index contributed by atoms with van der Waals surface area (Å²) >= 11 is 1.32. The maximum absolute atomic E-state index is 11.9. The van der Waals surface area contributed by atoms with Gasteiger partial charge in [-0.25, -0.2) is 4.98 Å². The van der Waals surface area contributed by atoms with Gasteiger partial charge in [0.05, 0.1) is 10.8 Å². The minimum atomic E-state index is -4.33. The lowest BCUT2D eigenvalue weighted by Gasteiger charge is -1.89. The molecule has 0 aliphatic carbocycles. The van der Waals surface area contributed by atoms with E-state index in [1.807, 2.05) is 0 Å². The van der Waals surface area contributed by atoms with Gasteiger partial charge < -0.3 is 0 Å². The molecule has 11 heavy (non-hydrogen) atoms. The van der Waals surface area contributed by atoms with Crippen molar-refractivity contribution >= 4 is 21.6 Å². The normalized spacial score (nSPS) is 11.7. The quantitative estimate of drug-likeness (QED) is 0.675. The molecule has 0 unspecified atom stereocenters. The molecule has 1 rings (SSSR count). The molecule has 0 saturated heterocycles. The maximum atomic E-state index is 11.9. The minimum absolute atomic E-state index is 0.163. The van der Waals surface area contributed by atoms with Crippen molar-refractivity contribution in [2.45, 2.75) is 6.42 Å². The summed E-state index contributed by atoms with van der Waals surface area (Å²) in [5, 5.41) is 2.37. The number of aromatic nitrogens is 1. The van der Waals surface area contributed by atoms with Crippen LogP contribution in [0.3, 0.4) is 0 Å². The van der Waals surface area contributed by atoms with Crippen LogP contribution in [-0.2, 0) is 16.6 Å². The molecule has 0 aliphatic heterocycles. The van der Waals surface area contributed by atoms with Crippen LogP contribution in [-0.4, -0.2) is 19.2 Å². The maximum Gasteiger partial charge on any atom is 0.302 e. The van der Waals surface area contributed by atoms with Crippen LogP contribution in [0.15, 0.2) is 11.6 Å². The highest BCUT2D eigenvalue weighted by atomic mass is 32.3. The molecular formula is C5H6FNO2S2. The molecule has 0 atom stereocenters. The highest BCUT2D eigenvalue weighted by Crippen LogP contribution is 2.06. The molecular weight excluding hydrogens is 189 g/mol. The second-order valence-electron chi connectivity index (χ2n) is 1.92. The molecule has 6 heteroatoms. The lowest BCUT2D eigenvalue weighted by Crippen LogP contribution is -2.01. The molecule has 62 valence electrons. The number of hydrogen-bond donors (Lipinski definition) is 0. The van der Waals surface area contributed by atoms with E-state index in [-0.39, 0.29) is 6.42 Å². The Morgan fingerprint density at radius 3 is 2.82 bits per heavy atom. The average Bonchev–Trinajstić information content (AvgIpc) is 2.32. The molecule has 0 saturated carbocycles. The van der Waals surface area contributed by atoms with E-state index in [1.54, 1.807) is 11.6 Å². The van der Waals surface area contributed by atoms with Crippen molar-refractivity contribution < 1.29 is 12.3 Å². The van der Waals surface area contributed by atoms with Crippen molar-refractivity contribution in [1.29, 1.82) is 0 Å². The summed E-state index contributed by atoms with van der Waals surface area (Å²) in [5.41, 5.74) is 0. The van der Waals surface area contributed by atoms with E-state index in [2.05, 4.69) is 4.98 Å². The zero-order valence-electron chi connectivity index (χ0n) is 5.53. The molecule has 0 bridgehead atoms. The van der Waals surface area contributed by atoms with Gasteiger partial charge in [0.15, 0.2) is 0 Å². The zero-order chi connectivity index (χ0) is 8.32. The van der Waals surface area contributed by atoms with Crippen LogP contribution in [0, 0.1) is 0 Å². The summed E-state index contributed by atoms with van der Waals surface area (Å²) in [6.45, 7) is 0. The third-order valence-corrected chi connectivity index (χ3v) is 2.57. The van der Waals surface area contributed by atoms with Crippen LogP contribution in [0.5, 0.6) is 0 Å². The Morgan fingerprint density at radius 2 is 2.36 bits per heavy atom. The molecule has 0 radical (unpaired) electrons. The molecule has 0 aromatic carbocycles. The SMILES string of the molecule is O=S(=O)(F)CCc1nccs1. The smallest absolute Gasteiger partial charge is 0.250 e. The summed E-state index contributed by atoms with van der Waals surface area (Å²) in [5.74, 6) is -0.472. The van der Waals surface area contributed by atoms with Gasteiger partial charge in [-0.05, 0) is 0 Å². The predicted octanol–water partition coefficient (Wildman–Crippen LogP) is 0.985. The number of nitrogens with zero attached hydrogens (tertiary/aromatic N) is 1. The number of rotatable bonds is 3. The van der Waals surface area contributed by atoms with Crippen LogP contribution >= 0.6 is 11.3 Å². The van der Waals surface area contributed by atoms with Gasteiger partial charge in [0.25, 0.3) is 0 Å². The van der Waals surface area contributed by atoms with E-state index in [9.17, 15) is 12.3 Å². The first-order valence-corrected chi connectivity index (χ1v) is 5.32. The first kappa shape index (κ1) is 8.61. The van der Waals surface area contributed by atoms with Crippen LogP contribution in [0.2, 0.25) is 0 Å². The first-order chi connectivity index (χ1) is 5.08. The molecule has 1 aromatic rings. The van der Waals surface area contributed by atoms with E-state index in [1.165, 1.54) is 11.3 Å². The average molecular weight is 195 g/mol. The highest BCUT2D eigenvalue weighted by Gasteiger charge is 2.07. The third-order valence-electron chi connectivity index (χ3n) is 1.04. The highest BCUT2D eigenvalue weighted by molar-refractivity contribution is 7.86. The lowest BCUT2D eigenvalue weighted by atomic mass is 10.5. The Morgan fingerprint density at radius 1 is 1.64 bits per heavy atom. The molecule has 0 N–H and O–H groups in total. The number of hydrogen-bond acceptors (Lipinski definition) is 4. The molecule has 0 fully saturated rings. The van der Waals surface area contributed by atoms with Gasteiger partial charge in [0.1, 0.15) is 0 Å². The van der Waals surface area contributed by atoms with Gasteiger partial charge in [-0.1, -0.05) is 0 Å². The van der Waals surface area contributed by atoms with E-state index < -0.39 is 16.0 Å². The van der Waals surface area contributed by atoms with Crippen LogP contribution in [0.1, 0.15) is 5.01 Å². The van der Waals surface area contributed by atoms with Crippen molar-refractivity contribution in [3.05, 3.63) is 16.6 Å². The summed E-state index contributed by atoms with van der Waals surface area (Å²) in [7, 11) is -4.33. The van der Waals surface area contributed by atoms with Crippen molar-refractivity contribution in [2.75, 3.05) is 5.75 Å². The van der Waals surface area contributed by atoms with Gasteiger partial charge in [-0.3, -0.25) is 0 Å². The standard InChI is InChI=1S/C5H6FNO2S2/c6-11(8,9)4-1-5-7-2-3-10-5/h2-3H,1,4H2. The molecule has 0 aliphatic rings. The Bertz CT molecular complexity index is 305. The monoisotopic (exact) mass is 195 g/mol. The van der Waals surface area contributed by atoms with Gasteiger partial charge >= 0.3 is 10.2 Å². The van der Waals surface area contributed by atoms with E-state index in [4.69, 9.17) is 0 Å². The van der Waals surface area contributed by atoms with Crippen molar-refractivity contribution in [2.24, 2.45) is 0 Å². The summed E-state index contributed by atoms with van der Waals surface area (Å²) < 4.78 is 32.0. The third kappa shape index (κ3) is 3.43. The number of thiazole rings is 1. The molecule has 0 spiro atoms. The van der Waals surface area contributed by atoms with Gasteiger partial charge in [-0.2, -0.15) is 8.42 Å². The summed E-state index contributed by atoms with van der Waals surface area (Å²) in [6, 6.07) is 0. The van der Waals surface area contributed by atoms with Crippen molar-refractivity contribution in [1.82, 2.24) is 4.98 Å². The van der Waals surface area contributed by atoms with E-state index >= 15 is 0 Å². The van der Waals surface area contributed by atoms with E-state index in [0.29, 0.717) is 5.01 Å². The largest absolute Gasteiger partial charge is 0.302 e. The summed E-state index contributed by atoms with van der Waals surface area (Å²) in [4.78, 5) is 3.81. The topological polar surface area (TPSA) is 47.0 Å². The van der Waals surface area contributed by atoms with Gasteiger partial charge in [0.2, 0.25) is 0 Å². The first-order valence-electron chi connectivity index (χ1n) is 2.88. The number of aryl methyl sites for hydroxylation is 1. The second kappa shape index (κ2) is 3.27. The Labute approximate surface area is 68.1 Å². The summed E-state index contributed by atoms with van der Waals surface area (Å²) in [6.07, 6.45) is 1.72. The Kier molecular flexibility index (Phi) is 2.56. The zero-order valence-corrected chi connectivity index (χ0v) is 7.16. The second-order valence-corrected chi connectivity index (χ2v) is 4.38. The fourth-order valence-electron chi connectivity index (χ4n) is 0.586. The lowest BCUT2D eigenvalue weighted by molar-refractivity contribution is 0.551. The molecule has 1 aromatic heterocycles. The minimum Gasteiger partial charge on any atom is -0.250 e. The Hall–Kier alpha value is -0.490. The Balaban J connectivity index is 2.48. The van der Waals surface area contributed by atoms with Crippen LogP contribution in [0.4, 0.5) is 3.89 Å². The predicted molar refractivity (Wildman–Crippen MR) is 40.7 cm³/mol. The molecule has 1 heterocycles. The fraction of sp³-hybridized carbons (Fsp3) is 0.400. The van der Waals surface area contributed by atoms with Gasteiger partial charge in [0, 0.05) is 18.0 Å². The van der Waals surface area contributed by atoms with Crippen molar-refractivity contribution in [3.63, 3.8) is 0 Å². The van der Waals surface area contributed by atoms with E-state index in [0.717, 1.165) is 0 Å². The number of halogens is 1. The van der Waals surface area contributed by atoms with Crippen molar-refractivity contribution in [3.8, 4) is 0 Å². The molecule has 3 nitrogen and oxygen atoms in total. The molecule has 0 amide bonds. The fourth-order valence-corrected chi connectivity index (χ4v) is 1.77. The van der Waals surface area contributed by atoms with Crippen LogP contribution in [0.25, 0.3) is 0 Å².